The summed E-state index contributed by atoms with van der Waals surface area (Å²) in [7, 11) is 0. The molecule has 0 aromatic carbocycles. The summed E-state index contributed by atoms with van der Waals surface area (Å²) in [6.45, 7) is 3.38. The summed E-state index contributed by atoms with van der Waals surface area (Å²) in [4.78, 5) is 11.4. The first-order chi connectivity index (χ1) is 5.83. The average Bonchev–Trinajstić information content (AvgIpc) is 2.62. The second kappa shape index (κ2) is 4.29. The van der Waals surface area contributed by atoms with Crippen molar-refractivity contribution in [1.82, 2.24) is 5.32 Å². The molecule has 3 atom stereocenters. The van der Waals surface area contributed by atoms with E-state index in [4.69, 9.17) is 4.74 Å². The lowest BCUT2D eigenvalue weighted by Crippen LogP contribution is -2.30. The quantitative estimate of drug-likeness (QED) is 0.683. The monoisotopic (exact) mass is 205 g/mol. The minimum absolute atomic E-state index is 0. The molecule has 76 valence electrons. The van der Waals surface area contributed by atoms with Crippen molar-refractivity contribution < 1.29 is 9.53 Å². The highest BCUT2D eigenvalue weighted by atomic mass is 35.5. The van der Waals surface area contributed by atoms with Crippen molar-refractivity contribution in [3.8, 4) is 0 Å². The molecule has 1 saturated carbocycles. The van der Waals surface area contributed by atoms with Gasteiger partial charge >= 0.3 is 5.97 Å². The number of carbonyl (C=O) groups is 1. The lowest BCUT2D eigenvalue weighted by Gasteiger charge is -2.12. The Labute approximate surface area is 84.6 Å². The van der Waals surface area contributed by atoms with Crippen LogP contribution < -0.4 is 5.32 Å². The molecule has 1 saturated heterocycles. The molecule has 3 nitrogen and oxygen atoms in total. The number of esters is 1. The van der Waals surface area contributed by atoms with E-state index < -0.39 is 0 Å². The molecule has 2 bridgehead atoms. The van der Waals surface area contributed by atoms with Crippen LogP contribution in [0.1, 0.15) is 19.8 Å². The SMILES string of the molecule is CCOC(=O)[C@H]1[C@@H]2CC[C@H]1NC2.Cl. The Kier molecular flexibility index (Phi) is 3.56. The maximum absolute atomic E-state index is 11.4. The van der Waals surface area contributed by atoms with Crippen molar-refractivity contribution in [3.05, 3.63) is 0 Å². The Hall–Kier alpha value is -0.280. The summed E-state index contributed by atoms with van der Waals surface area (Å²) >= 11 is 0. The van der Waals surface area contributed by atoms with Crippen molar-refractivity contribution in [3.63, 3.8) is 0 Å². The van der Waals surface area contributed by atoms with Gasteiger partial charge < -0.3 is 10.1 Å². The molecule has 0 unspecified atom stereocenters. The Morgan fingerprint density at radius 1 is 1.54 bits per heavy atom. The molecule has 0 amide bonds. The van der Waals surface area contributed by atoms with Gasteiger partial charge in [0.2, 0.25) is 0 Å². The number of rotatable bonds is 2. The van der Waals surface area contributed by atoms with E-state index in [1.54, 1.807) is 0 Å². The van der Waals surface area contributed by atoms with Crippen LogP contribution in [0.4, 0.5) is 0 Å². The van der Waals surface area contributed by atoms with Gasteiger partial charge in [0, 0.05) is 6.04 Å². The summed E-state index contributed by atoms with van der Waals surface area (Å²) in [6.07, 6.45) is 2.34. The lowest BCUT2D eigenvalue weighted by molar-refractivity contribution is -0.148. The van der Waals surface area contributed by atoms with Crippen LogP contribution in [-0.4, -0.2) is 25.2 Å². The number of hydrogen-bond acceptors (Lipinski definition) is 3. The second-order valence-electron chi connectivity index (χ2n) is 3.63. The zero-order valence-corrected chi connectivity index (χ0v) is 8.60. The van der Waals surface area contributed by atoms with Crippen LogP contribution in [0, 0.1) is 11.8 Å². The van der Waals surface area contributed by atoms with Gasteiger partial charge in [-0.05, 0) is 32.2 Å². The number of carbonyl (C=O) groups excluding carboxylic acids is 1. The minimum Gasteiger partial charge on any atom is -0.466 e. The first-order valence-electron chi connectivity index (χ1n) is 4.73. The fraction of sp³-hybridized carbons (Fsp3) is 0.889. The standard InChI is InChI=1S/C9H15NO2.ClH/c1-2-12-9(11)8-6-3-4-7(8)10-5-6;/h6-8,10H,2-5H2,1H3;1H/t6-,7-,8+;/m1./s1. The van der Waals surface area contributed by atoms with E-state index in [9.17, 15) is 4.79 Å². The van der Waals surface area contributed by atoms with Crippen molar-refractivity contribution in [1.29, 1.82) is 0 Å². The van der Waals surface area contributed by atoms with E-state index in [1.807, 2.05) is 6.92 Å². The molecular formula is C9H16ClNO2. The first-order valence-corrected chi connectivity index (χ1v) is 4.73. The smallest absolute Gasteiger partial charge is 0.310 e. The molecule has 0 aromatic heterocycles. The van der Waals surface area contributed by atoms with Gasteiger partial charge in [-0.3, -0.25) is 4.79 Å². The highest BCUT2D eigenvalue weighted by molar-refractivity contribution is 5.85. The van der Waals surface area contributed by atoms with Gasteiger partial charge in [0.05, 0.1) is 12.5 Å². The molecule has 2 fully saturated rings. The van der Waals surface area contributed by atoms with Crippen LogP contribution in [0.25, 0.3) is 0 Å². The van der Waals surface area contributed by atoms with E-state index >= 15 is 0 Å². The molecule has 1 heterocycles. The summed E-state index contributed by atoms with van der Waals surface area (Å²) in [5, 5.41) is 3.34. The van der Waals surface area contributed by atoms with E-state index in [0.29, 0.717) is 18.6 Å². The number of halogens is 1. The van der Waals surface area contributed by atoms with Gasteiger partial charge in [-0.2, -0.15) is 0 Å². The summed E-state index contributed by atoms with van der Waals surface area (Å²) in [6, 6.07) is 0.411. The van der Waals surface area contributed by atoms with Crippen molar-refractivity contribution in [2.75, 3.05) is 13.2 Å². The largest absolute Gasteiger partial charge is 0.466 e. The first kappa shape index (κ1) is 10.8. The Morgan fingerprint density at radius 3 is 2.69 bits per heavy atom. The third kappa shape index (κ3) is 1.81. The average molecular weight is 206 g/mol. The molecule has 2 aliphatic rings. The van der Waals surface area contributed by atoms with Gasteiger partial charge in [0.15, 0.2) is 0 Å². The molecular weight excluding hydrogens is 190 g/mol. The summed E-state index contributed by atoms with van der Waals surface area (Å²) in [5.74, 6) is 0.717. The molecule has 1 aliphatic carbocycles. The molecule has 0 spiro atoms. The zero-order valence-electron chi connectivity index (χ0n) is 7.79. The van der Waals surface area contributed by atoms with Gasteiger partial charge in [-0.1, -0.05) is 0 Å². The van der Waals surface area contributed by atoms with Crippen LogP contribution in [-0.2, 0) is 9.53 Å². The maximum Gasteiger partial charge on any atom is 0.310 e. The van der Waals surface area contributed by atoms with E-state index in [2.05, 4.69) is 5.32 Å². The minimum atomic E-state index is 0. The second-order valence-corrected chi connectivity index (χ2v) is 3.63. The van der Waals surface area contributed by atoms with Crippen molar-refractivity contribution in [2.24, 2.45) is 11.8 Å². The molecule has 13 heavy (non-hydrogen) atoms. The molecule has 0 aromatic rings. The topological polar surface area (TPSA) is 38.3 Å². The van der Waals surface area contributed by atoms with Crippen molar-refractivity contribution in [2.45, 2.75) is 25.8 Å². The number of fused-ring (bicyclic) bond motifs is 2. The van der Waals surface area contributed by atoms with Gasteiger partial charge in [-0.25, -0.2) is 0 Å². The van der Waals surface area contributed by atoms with Gasteiger partial charge in [0.25, 0.3) is 0 Å². The van der Waals surface area contributed by atoms with Crippen LogP contribution in [0.5, 0.6) is 0 Å². The third-order valence-electron chi connectivity index (χ3n) is 2.99. The Bertz CT molecular complexity index is 178. The van der Waals surface area contributed by atoms with E-state index in [1.165, 1.54) is 6.42 Å². The Morgan fingerprint density at radius 2 is 2.31 bits per heavy atom. The highest BCUT2D eigenvalue weighted by Gasteiger charge is 2.46. The maximum atomic E-state index is 11.4. The fourth-order valence-electron chi connectivity index (χ4n) is 2.44. The van der Waals surface area contributed by atoms with Crippen molar-refractivity contribution >= 4 is 18.4 Å². The summed E-state index contributed by atoms with van der Waals surface area (Å²) in [5.41, 5.74) is 0. The number of nitrogens with one attached hydrogen (secondary N) is 1. The van der Waals surface area contributed by atoms with E-state index in [0.717, 1.165) is 13.0 Å². The molecule has 0 radical (unpaired) electrons. The molecule has 1 aliphatic heterocycles. The number of hydrogen-bond donors (Lipinski definition) is 1. The molecule has 2 rings (SSSR count). The van der Waals surface area contributed by atoms with Crippen LogP contribution >= 0.6 is 12.4 Å². The number of piperidine rings is 1. The number of ether oxygens (including phenoxy) is 1. The van der Waals surface area contributed by atoms with Crippen LogP contribution in [0.15, 0.2) is 0 Å². The summed E-state index contributed by atoms with van der Waals surface area (Å²) < 4.78 is 5.03. The normalized spacial score (nSPS) is 35.6. The van der Waals surface area contributed by atoms with Crippen LogP contribution in [0.2, 0.25) is 0 Å². The molecule has 4 heteroatoms. The predicted molar refractivity (Wildman–Crippen MR) is 51.9 cm³/mol. The van der Waals surface area contributed by atoms with E-state index in [-0.39, 0.29) is 24.3 Å². The van der Waals surface area contributed by atoms with Crippen LogP contribution in [0.3, 0.4) is 0 Å². The van der Waals surface area contributed by atoms with Gasteiger partial charge in [-0.15, -0.1) is 12.4 Å². The third-order valence-corrected chi connectivity index (χ3v) is 2.99. The highest BCUT2D eigenvalue weighted by Crippen LogP contribution is 2.37. The fourth-order valence-corrected chi connectivity index (χ4v) is 2.44. The van der Waals surface area contributed by atoms with Gasteiger partial charge in [0.1, 0.15) is 0 Å². The Balaban J connectivity index is 0.000000845. The zero-order chi connectivity index (χ0) is 8.55. The molecule has 1 N–H and O–H groups in total. The predicted octanol–water partition coefficient (Wildman–Crippen LogP) is 0.969. The lowest BCUT2D eigenvalue weighted by atomic mass is 9.99.